The van der Waals surface area contributed by atoms with Crippen LogP contribution in [0.3, 0.4) is 0 Å². The third kappa shape index (κ3) is 6.30. The third-order valence-electron chi connectivity index (χ3n) is 7.57. The van der Waals surface area contributed by atoms with E-state index < -0.39 is 0 Å². The van der Waals surface area contributed by atoms with Crippen LogP contribution in [0.15, 0.2) is 11.6 Å². The van der Waals surface area contributed by atoms with Crippen molar-refractivity contribution in [2.75, 3.05) is 13.2 Å². The van der Waals surface area contributed by atoms with Gasteiger partial charge in [0, 0.05) is 12.3 Å². The van der Waals surface area contributed by atoms with Gasteiger partial charge in [-0.1, -0.05) is 44.3 Å². The van der Waals surface area contributed by atoms with Crippen LogP contribution in [-0.4, -0.2) is 31.6 Å². The van der Waals surface area contributed by atoms with E-state index in [1.165, 1.54) is 70.6 Å². The van der Waals surface area contributed by atoms with Gasteiger partial charge in [-0.2, -0.15) is 0 Å². The second-order valence-corrected chi connectivity index (χ2v) is 10.2. The normalized spacial score (nSPS) is 35.9. The van der Waals surface area contributed by atoms with E-state index in [0.29, 0.717) is 31.5 Å². The Kier molecular flexibility index (Phi) is 7.69. The Bertz CT molecular complexity index is 551. The molecule has 4 nitrogen and oxygen atoms in total. The molecule has 4 rings (SSSR count). The molecule has 5 unspecified atom stereocenters. The van der Waals surface area contributed by atoms with Crippen molar-refractivity contribution in [3.05, 3.63) is 11.6 Å². The maximum Gasteiger partial charge on any atom is 0.305 e. The van der Waals surface area contributed by atoms with E-state index in [-0.39, 0.29) is 18.4 Å². The molecule has 164 valence electrons. The molecule has 0 radical (unpaired) electrons. The summed E-state index contributed by atoms with van der Waals surface area (Å²) < 4.78 is 17.6. The van der Waals surface area contributed by atoms with Gasteiger partial charge < -0.3 is 14.2 Å². The van der Waals surface area contributed by atoms with E-state index in [4.69, 9.17) is 14.2 Å². The quantitative estimate of drug-likeness (QED) is 0.398. The maximum absolute atomic E-state index is 12.2. The molecule has 5 atom stereocenters. The lowest BCUT2D eigenvalue weighted by Crippen LogP contribution is -2.34. The number of fused-ring (bicyclic) bond motifs is 2. The Morgan fingerprint density at radius 3 is 2.62 bits per heavy atom. The molecule has 3 aliphatic carbocycles. The molecule has 1 heterocycles. The van der Waals surface area contributed by atoms with Crippen molar-refractivity contribution in [3.8, 4) is 0 Å². The molecule has 0 aromatic heterocycles. The van der Waals surface area contributed by atoms with E-state index in [9.17, 15) is 4.79 Å². The van der Waals surface area contributed by atoms with Crippen LogP contribution in [0.25, 0.3) is 0 Å². The van der Waals surface area contributed by atoms with Gasteiger partial charge in [-0.05, 0) is 69.1 Å². The van der Waals surface area contributed by atoms with Gasteiger partial charge in [0.1, 0.15) is 12.7 Å². The number of carbonyl (C=O) groups excluding carboxylic acids is 1. The zero-order valence-electron chi connectivity index (χ0n) is 18.3. The van der Waals surface area contributed by atoms with Crippen molar-refractivity contribution in [2.24, 2.45) is 23.7 Å². The van der Waals surface area contributed by atoms with Crippen molar-refractivity contribution in [1.29, 1.82) is 0 Å². The Labute approximate surface area is 176 Å². The predicted molar refractivity (Wildman–Crippen MR) is 113 cm³/mol. The Morgan fingerprint density at radius 1 is 1.10 bits per heavy atom. The largest absolute Gasteiger partial charge is 0.463 e. The van der Waals surface area contributed by atoms with Gasteiger partial charge in [-0.15, -0.1) is 0 Å². The molecule has 4 aliphatic rings. The zero-order valence-corrected chi connectivity index (χ0v) is 18.3. The summed E-state index contributed by atoms with van der Waals surface area (Å²) in [4.78, 5) is 12.2. The van der Waals surface area contributed by atoms with Gasteiger partial charge in [0.2, 0.25) is 0 Å². The number of carbonyl (C=O) groups is 1. The second-order valence-electron chi connectivity index (χ2n) is 10.2. The molecular weight excluding hydrogens is 364 g/mol. The number of rotatable bonds is 7. The summed E-state index contributed by atoms with van der Waals surface area (Å²) in [5.41, 5.74) is 1.59. The summed E-state index contributed by atoms with van der Waals surface area (Å²) in [7, 11) is 0. The number of hydrogen-bond acceptors (Lipinski definition) is 4. The highest BCUT2D eigenvalue weighted by Gasteiger charge is 2.40. The molecule has 29 heavy (non-hydrogen) atoms. The van der Waals surface area contributed by atoms with Crippen molar-refractivity contribution in [3.63, 3.8) is 0 Å². The lowest BCUT2D eigenvalue weighted by molar-refractivity contribution is -0.151. The van der Waals surface area contributed by atoms with Crippen molar-refractivity contribution < 1.29 is 19.0 Å². The highest BCUT2D eigenvalue weighted by atomic mass is 16.7. The molecule has 3 saturated carbocycles. The molecule has 1 saturated heterocycles. The molecule has 4 heteroatoms. The van der Waals surface area contributed by atoms with Gasteiger partial charge in [0.05, 0.1) is 6.61 Å². The third-order valence-corrected chi connectivity index (χ3v) is 7.57. The van der Waals surface area contributed by atoms with E-state index in [1.807, 2.05) is 0 Å². The fraction of sp³-hybridized carbons (Fsp3) is 0.880. The van der Waals surface area contributed by atoms with E-state index in [0.717, 1.165) is 18.3 Å². The fourth-order valence-electron chi connectivity index (χ4n) is 6.07. The summed E-state index contributed by atoms with van der Waals surface area (Å²) in [5, 5.41) is 0. The lowest BCUT2D eigenvalue weighted by Gasteiger charge is -2.40. The summed E-state index contributed by atoms with van der Waals surface area (Å²) in [6.45, 7) is 3.11. The summed E-state index contributed by atoms with van der Waals surface area (Å²) >= 11 is 0. The molecule has 0 aromatic rings. The molecule has 0 spiro atoms. The van der Waals surface area contributed by atoms with Crippen LogP contribution >= 0.6 is 0 Å². The van der Waals surface area contributed by atoms with Crippen molar-refractivity contribution >= 4 is 5.97 Å². The minimum atomic E-state index is -0.0989. The van der Waals surface area contributed by atoms with Gasteiger partial charge in [-0.3, -0.25) is 4.79 Å². The molecule has 4 fully saturated rings. The summed E-state index contributed by atoms with van der Waals surface area (Å²) in [5.74, 6) is 2.65. The molecule has 0 N–H and O–H groups in total. The van der Waals surface area contributed by atoms with Crippen molar-refractivity contribution in [1.82, 2.24) is 0 Å². The number of ether oxygens (including phenoxy) is 3. The molecular formula is C25H40O4. The second kappa shape index (κ2) is 10.4. The van der Waals surface area contributed by atoms with Gasteiger partial charge in [0.15, 0.2) is 6.29 Å². The van der Waals surface area contributed by atoms with Gasteiger partial charge in [-0.25, -0.2) is 0 Å². The highest BCUT2D eigenvalue weighted by molar-refractivity contribution is 5.69. The van der Waals surface area contributed by atoms with Crippen LogP contribution in [0.5, 0.6) is 0 Å². The number of allylic oxidation sites excluding steroid dienone is 2. The van der Waals surface area contributed by atoms with Gasteiger partial charge in [0.25, 0.3) is 0 Å². The van der Waals surface area contributed by atoms with Gasteiger partial charge >= 0.3 is 5.97 Å². The minimum Gasteiger partial charge on any atom is -0.463 e. The van der Waals surface area contributed by atoms with Crippen LogP contribution in [0, 0.1) is 23.7 Å². The maximum atomic E-state index is 12.2. The van der Waals surface area contributed by atoms with E-state index >= 15 is 0 Å². The minimum absolute atomic E-state index is 0.0794. The number of esters is 1. The van der Waals surface area contributed by atoms with E-state index in [1.54, 1.807) is 5.57 Å². The summed E-state index contributed by atoms with van der Waals surface area (Å²) in [6.07, 6.45) is 18.2. The average molecular weight is 405 g/mol. The van der Waals surface area contributed by atoms with Crippen molar-refractivity contribution in [2.45, 2.75) is 103 Å². The fourth-order valence-corrected chi connectivity index (χ4v) is 6.07. The molecule has 2 bridgehead atoms. The first kappa shape index (κ1) is 21.4. The average Bonchev–Trinajstić information content (AvgIpc) is 3.20. The van der Waals surface area contributed by atoms with Crippen LogP contribution < -0.4 is 0 Å². The number of hydrogen-bond donors (Lipinski definition) is 0. The SMILES string of the molecule is CC(C=C1CCCCC1)CCC(=O)OCC1COC(C2CC3CCCC(C3)C2)O1. The Balaban J connectivity index is 1.12. The predicted octanol–water partition coefficient (Wildman–Crippen LogP) is 5.79. The lowest BCUT2D eigenvalue weighted by atomic mass is 9.68. The Hall–Kier alpha value is -0.870. The first-order chi connectivity index (χ1) is 14.2. The summed E-state index contributed by atoms with van der Waals surface area (Å²) in [6, 6.07) is 0. The van der Waals surface area contributed by atoms with Crippen LogP contribution in [0.4, 0.5) is 0 Å². The first-order valence-corrected chi connectivity index (χ1v) is 12.3. The molecule has 0 amide bonds. The van der Waals surface area contributed by atoms with Crippen LogP contribution in [0.2, 0.25) is 0 Å². The molecule has 1 aliphatic heterocycles. The monoisotopic (exact) mass is 404 g/mol. The highest BCUT2D eigenvalue weighted by Crippen LogP contribution is 2.45. The smallest absolute Gasteiger partial charge is 0.305 e. The zero-order chi connectivity index (χ0) is 20.1. The standard InChI is InChI=1S/C25H40O4/c1-18(12-19-6-3-2-4-7-19)10-11-24(26)27-16-23-17-28-25(29-23)22-14-20-8-5-9-21(13-20)15-22/h12,18,20-23,25H,2-11,13-17H2,1H3. The van der Waals surface area contributed by atoms with Crippen LogP contribution in [0.1, 0.15) is 90.4 Å². The topological polar surface area (TPSA) is 44.8 Å². The Morgan fingerprint density at radius 2 is 1.86 bits per heavy atom. The first-order valence-electron chi connectivity index (χ1n) is 12.3. The molecule has 0 aromatic carbocycles. The van der Waals surface area contributed by atoms with E-state index in [2.05, 4.69) is 13.0 Å². The van der Waals surface area contributed by atoms with Crippen LogP contribution in [-0.2, 0) is 19.0 Å².